The zero-order valence-corrected chi connectivity index (χ0v) is 14.9. The fraction of sp³-hybridized carbons (Fsp3) is 0.263. The first-order chi connectivity index (χ1) is 12.5. The smallest absolute Gasteiger partial charge is 0.261 e. The largest absolute Gasteiger partial charge is 0.271 e. The minimum atomic E-state index is -3.54. The summed E-state index contributed by atoms with van der Waals surface area (Å²) in [7, 11) is -3.54. The molecule has 0 aliphatic carbocycles. The van der Waals surface area contributed by atoms with Gasteiger partial charge < -0.3 is 0 Å². The molecule has 0 N–H and O–H groups in total. The van der Waals surface area contributed by atoms with Crippen molar-refractivity contribution in [2.45, 2.75) is 23.8 Å². The van der Waals surface area contributed by atoms with Gasteiger partial charge in [-0.25, -0.2) is 8.42 Å². The van der Waals surface area contributed by atoms with E-state index in [4.69, 9.17) is 0 Å². The number of imide groups is 1. The monoisotopic (exact) mass is 370 g/mol. The molecule has 0 atom stereocenters. The second-order valence-electron chi connectivity index (χ2n) is 6.47. The van der Waals surface area contributed by atoms with Crippen LogP contribution in [0.25, 0.3) is 0 Å². The zero-order valence-electron chi connectivity index (χ0n) is 14.0. The van der Waals surface area contributed by atoms with Crippen LogP contribution >= 0.6 is 0 Å². The SMILES string of the molecule is O=C1c2ccccc2C(=O)N1C1CCN(S(=O)(=O)c2ccccc2)CC1. The minimum Gasteiger partial charge on any atom is -0.271 e. The van der Waals surface area contributed by atoms with Crippen LogP contribution in [0.1, 0.15) is 33.6 Å². The Morgan fingerprint density at radius 2 is 1.27 bits per heavy atom. The number of fused-ring (bicyclic) bond motifs is 1. The van der Waals surface area contributed by atoms with Crippen LogP contribution in [-0.2, 0) is 10.0 Å². The van der Waals surface area contributed by atoms with Gasteiger partial charge in [0.25, 0.3) is 11.8 Å². The van der Waals surface area contributed by atoms with E-state index in [2.05, 4.69) is 0 Å². The van der Waals surface area contributed by atoms with E-state index in [1.54, 1.807) is 54.6 Å². The molecule has 1 saturated heterocycles. The van der Waals surface area contributed by atoms with E-state index in [0.717, 1.165) is 0 Å². The fourth-order valence-corrected chi connectivity index (χ4v) is 5.11. The topological polar surface area (TPSA) is 74.8 Å². The third-order valence-corrected chi connectivity index (χ3v) is 6.91. The van der Waals surface area contributed by atoms with Crippen LogP contribution < -0.4 is 0 Å². The van der Waals surface area contributed by atoms with E-state index < -0.39 is 10.0 Å². The summed E-state index contributed by atoms with van der Waals surface area (Å²) < 4.78 is 26.8. The Hall–Kier alpha value is -2.51. The molecule has 2 amide bonds. The van der Waals surface area contributed by atoms with Gasteiger partial charge >= 0.3 is 0 Å². The van der Waals surface area contributed by atoms with Gasteiger partial charge in [0.15, 0.2) is 0 Å². The first-order valence-electron chi connectivity index (χ1n) is 8.52. The van der Waals surface area contributed by atoms with Gasteiger partial charge in [0.2, 0.25) is 10.0 Å². The van der Waals surface area contributed by atoms with Crippen molar-refractivity contribution in [3.63, 3.8) is 0 Å². The summed E-state index contributed by atoms with van der Waals surface area (Å²) in [6, 6.07) is 14.8. The molecule has 134 valence electrons. The van der Waals surface area contributed by atoms with Crippen LogP contribution in [0.5, 0.6) is 0 Å². The van der Waals surface area contributed by atoms with Crippen LogP contribution in [0.4, 0.5) is 0 Å². The fourth-order valence-electron chi connectivity index (χ4n) is 3.62. The Bertz CT molecular complexity index is 929. The minimum absolute atomic E-state index is 0.263. The molecule has 2 heterocycles. The van der Waals surface area contributed by atoms with Gasteiger partial charge in [-0.3, -0.25) is 14.5 Å². The number of sulfonamides is 1. The number of amides is 2. The highest BCUT2D eigenvalue weighted by atomic mass is 32.2. The predicted molar refractivity (Wildman–Crippen MR) is 95.2 cm³/mol. The quantitative estimate of drug-likeness (QED) is 0.776. The predicted octanol–water partition coefficient (Wildman–Crippen LogP) is 2.14. The third-order valence-electron chi connectivity index (χ3n) is 5.00. The maximum absolute atomic E-state index is 12.7. The molecule has 2 aromatic rings. The van der Waals surface area contributed by atoms with Gasteiger partial charge in [0, 0.05) is 19.1 Å². The van der Waals surface area contributed by atoms with E-state index in [1.165, 1.54) is 9.21 Å². The standard InChI is InChI=1S/C19H18N2O4S/c22-18-16-8-4-5-9-17(16)19(23)21(18)14-10-12-20(13-11-14)26(24,25)15-6-2-1-3-7-15/h1-9,14H,10-13H2. The average Bonchev–Trinajstić information content (AvgIpc) is 2.94. The number of piperidine rings is 1. The molecule has 0 spiro atoms. The van der Waals surface area contributed by atoms with Crippen molar-refractivity contribution >= 4 is 21.8 Å². The Morgan fingerprint density at radius 3 is 1.81 bits per heavy atom. The van der Waals surface area contributed by atoms with Crippen LogP contribution in [0.3, 0.4) is 0 Å². The summed E-state index contributed by atoms with van der Waals surface area (Å²) in [5, 5.41) is 0. The molecule has 6 nitrogen and oxygen atoms in total. The molecule has 2 aliphatic rings. The number of benzene rings is 2. The van der Waals surface area contributed by atoms with E-state index in [-0.39, 0.29) is 35.8 Å². The summed E-state index contributed by atoms with van der Waals surface area (Å²) in [6.45, 7) is 0.574. The first kappa shape index (κ1) is 16.9. The molecule has 7 heteroatoms. The van der Waals surface area contributed by atoms with Crippen molar-refractivity contribution in [1.82, 2.24) is 9.21 Å². The summed E-state index contributed by atoms with van der Waals surface area (Å²) >= 11 is 0. The van der Waals surface area contributed by atoms with Crippen LogP contribution in [0, 0.1) is 0 Å². The number of hydrogen-bond acceptors (Lipinski definition) is 4. The van der Waals surface area contributed by atoms with Gasteiger partial charge in [-0.1, -0.05) is 30.3 Å². The van der Waals surface area contributed by atoms with Crippen LogP contribution in [-0.4, -0.2) is 48.6 Å². The lowest BCUT2D eigenvalue weighted by Crippen LogP contribution is -2.48. The first-order valence-corrected chi connectivity index (χ1v) is 9.96. The molecule has 2 aromatic carbocycles. The summed E-state index contributed by atoms with van der Waals surface area (Å²) in [5.74, 6) is -0.565. The third kappa shape index (κ3) is 2.64. The van der Waals surface area contributed by atoms with Crippen molar-refractivity contribution in [3.05, 3.63) is 65.7 Å². The maximum Gasteiger partial charge on any atom is 0.261 e. The molecule has 1 fully saturated rings. The number of carbonyl (C=O) groups excluding carboxylic acids is 2. The van der Waals surface area contributed by atoms with Crippen molar-refractivity contribution in [2.75, 3.05) is 13.1 Å². The second kappa shape index (κ2) is 6.34. The Kier molecular flexibility index (Phi) is 4.13. The van der Waals surface area contributed by atoms with E-state index in [0.29, 0.717) is 24.0 Å². The normalized spacial score (nSPS) is 19.0. The van der Waals surface area contributed by atoms with Crippen LogP contribution in [0.15, 0.2) is 59.5 Å². The van der Waals surface area contributed by atoms with Gasteiger partial charge in [0.05, 0.1) is 16.0 Å². The Morgan fingerprint density at radius 1 is 0.769 bits per heavy atom. The molecule has 2 aliphatic heterocycles. The summed E-state index contributed by atoms with van der Waals surface area (Å²) in [5.41, 5.74) is 0.855. The highest BCUT2D eigenvalue weighted by Crippen LogP contribution is 2.30. The highest BCUT2D eigenvalue weighted by Gasteiger charge is 2.41. The number of rotatable bonds is 3. The second-order valence-corrected chi connectivity index (χ2v) is 8.41. The molecular formula is C19H18N2O4S. The average molecular weight is 370 g/mol. The van der Waals surface area contributed by atoms with Crippen LogP contribution in [0.2, 0.25) is 0 Å². The van der Waals surface area contributed by atoms with E-state index in [9.17, 15) is 18.0 Å². The molecule has 26 heavy (non-hydrogen) atoms. The maximum atomic E-state index is 12.7. The van der Waals surface area contributed by atoms with Gasteiger partial charge in [0.1, 0.15) is 0 Å². The number of nitrogens with zero attached hydrogens (tertiary/aromatic N) is 2. The Balaban J connectivity index is 1.50. The van der Waals surface area contributed by atoms with E-state index >= 15 is 0 Å². The zero-order chi connectivity index (χ0) is 18.3. The molecule has 0 bridgehead atoms. The van der Waals surface area contributed by atoms with Crippen molar-refractivity contribution in [1.29, 1.82) is 0 Å². The number of hydrogen-bond donors (Lipinski definition) is 0. The van der Waals surface area contributed by atoms with Crippen molar-refractivity contribution in [3.8, 4) is 0 Å². The molecular weight excluding hydrogens is 352 g/mol. The molecule has 0 saturated carbocycles. The molecule has 0 radical (unpaired) electrons. The lowest BCUT2D eigenvalue weighted by molar-refractivity contribution is 0.0536. The lowest BCUT2D eigenvalue weighted by Gasteiger charge is -2.35. The van der Waals surface area contributed by atoms with Crippen molar-refractivity contribution in [2.24, 2.45) is 0 Å². The van der Waals surface area contributed by atoms with E-state index in [1.807, 2.05) is 0 Å². The summed E-state index contributed by atoms with van der Waals surface area (Å²) in [4.78, 5) is 26.7. The van der Waals surface area contributed by atoms with Gasteiger partial charge in [-0.2, -0.15) is 4.31 Å². The summed E-state index contributed by atoms with van der Waals surface area (Å²) in [6.07, 6.45) is 0.884. The lowest BCUT2D eigenvalue weighted by atomic mass is 10.1. The molecule has 4 rings (SSSR count). The molecule has 0 aromatic heterocycles. The van der Waals surface area contributed by atoms with Crippen molar-refractivity contribution < 1.29 is 18.0 Å². The molecule has 0 unspecified atom stereocenters. The Labute approximate surface area is 152 Å². The van der Waals surface area contributed by atoms with Gasteiger partial charge in [-0.15, -0.1) is 0 Å². The van der Waals surface area contributed by atoms with Gasteiger partial charge in [-0.05, 0) is 37.1 Å². The number of carbonyl (C=O) groups is 2. The highest BCUT2D eigenvalue weighted by molar-refractivity contribution is 7.89.